The predicted octanol–water partition coefficient (Wildman–Crippen LogP) is 1.20. The molecule has 0 N–H and O–H groups in total. The molecule has 1 aliphatic heterocycles. The standard InChI is InChI=1S/C13H20N2O2S/c1-11-2-3-12(17-11)10-13(16)15-6-4-14(5-7-15)8-9-18/h2-3,18H,4-10H2,1H3. The number of hydrogen-bond donors (Lipinski definition) is 1. The molecule has 0 bridgehead atoms. The van der Waals surface area contributed by atoms with Crippen LogP contribution >= 0.6 is 12.6 Å². The van der Waals surface area contributed by atoms with E-state index in [9.17, 15) is 4.79 Å². The molecule has 0 spiro atoms. The molecule has 5 heteroatoms. The molecule has 1 amide bonds. The summed E-state index contributed by atoms with van der Waals surface area (Å²) in [5, 5.41) is 0. The number of rotatable bonds is 4. The lowest BCUT2D eigenvalue weighted by molar-refractivity contribution is -0.132. The molecule has 0 radical (unpaired) electrons. The molecule has 1 aromatic rings. The topological polar surface area (TPSA) is 36.7 Å². The molecule has 0 aliphatic carbocycles. The van der Waals surface area contributed by atoms with E-state index in [-0.39, 0.29) is 5.91 Å². The van der Waals surface area contributed by atoms with Crippen LogP contribution in [0.3, 0.4) is 0 Å². The molecule has 0 saturated carbocycles. The van der Waals surface area contributed by atoms with Crippen LogP contribution < -0.4 is 0 Å². The molecule has 0 aromatic carbocycles. The number of thiol groups is 1. The van der Waals surface area contributed by atoms with Crippen molar-refractivity contribution in [2.24, 2.45) is 0 Å². The van der Waals surface area contributed by atoms with E-state index in [0.29, 0.717) is 6.42 Å². The van der Waals surface area contributed by atoms with Gasteiger partial charge in [0.2, 0.25) is 5.91 Å². The zero-order chi connectivity index (χ0) is 13.0. The Morgan fingerprint density at radius 2 is 2.06 bits per heavy atom. The number of aryl methyl sites for hydroxylation is 1. The van der Waals surface area contributed by atoms with Crippen molar-refractivity contribution in [1.29, 1.82) is 0 Å². The van der Waals surface area contributed by atoms with Crippen molar-refractivity contribution in [2.75, 3.05) is 38.5 Å². The molecule has 1 fully saturated rings. The van der Waals surface area contributed by atoms with Crippen LogP contribution in [0.5, 0.6) is 0 Å². The molecule has 100 valence electrons. The summed E-state index contributed by atoms with van der Waals surface area (Å²) in [4.78, 5) is 16.3. The van der Waals surface area contributed by atoms with E-state index >= 15 is 0 Å². The first-order chi connectivity index (χ1) is 8.69. The minimum absolute atomic E-state index is 0.162. The zero-order valence-electron chi connectivity index (χ0n) is 10.8. The second kappa shape index (κ2) is 6.29. The van der Waals surface area contributed by atoms with Gasteiger partial charge in [-0.2, -0.15) is 12.6 Å². The fourth-order valence-corrected chi connectivity index (χ4v) is 2.49. The highest BCUT2D eigenvalue weighted by atomic mass is 32.1. The summed E-state index contributed by atoms with van der Waals surface area (Å²) >= 11 is 4.23. The molecule has 0 unspecified atom stereocenters. The molecule has 1 aliphatic rings. The van der Waals surface area contributed by atoms with Gasteiger partial charge in [0, 0.05) is 38.5 Å². The quantitative estimate of drug-likeness (QED) is 0.834. The van der Waals surface area contributed by atoms with E-state index in [1.165, 1.54) is 0 Å². The van der Waals surface area contributed by atoms with Crippen molar-refractivity contribution in [2.45, 2.75) is 13.3 Å². The summed E-state index contributed by atoms with van der Waals surface area (Å²) in [5.41, 5.74) is 0. The van der Waals surface area contributed by atoms with Crippen molar-refractivity contribution >= 4 is 18.5 Å². The summed E-state index contributed by atoms with van der Waals surface area (Å²) in [6.45, 7) is 6.41. The van der Waals surface area contributed by atoms with Gasteiger partial charge < -0.3 is 9.32 Å². The fourth-order valence-electron chi connectivity index (χ4n) is 2.20. The Bertz CT molecular complexity index is 397. The summed E-state index contributed by atoms with van der Waals surface area (Å²) in [6, 6.07) is 3.78. The number of amides is 1. The maximum absolute atomic E-state index is 12.1. The number of carbonyl (C=O) groups is 1. The molecule has 18 heavy (non-hydrogen) atoms. The van der Waals surface area contributed by atoms with E-state index in [1.807, 2.05) is 24.0 Å². The average Bonchev–Trinajstić information content (AvgIpc) is 2.76. The lowest BCUT2D eigenvalue weighted by Crippen LogP contribution is -2.49. The van der Waals surface area contributed by atoms with Crippen LogP contribution in [-0.2, 0) is 11.2 Å². The second-order valence-corrected chi connectivity index (χ2v) is 5.08. The predicted molar refractivity (Wildman–Crippen MR) is 74.0 cm³/mol. The van der Waals surface area contributed by atoms with Gasteiger partial charge in [-0.15, -0.1) is 0 Å². The largest absolute Gasteiger partial charge is 0.466 e. The molecular formula is C13H20N2O2S. The van der Waals surface area contributed by atoms with E-state index < -0.39 is 0 Å². The number of piperazine rings is 1. The van der Waals surface area contributed by atoms with Gasteiger partial charge in [-0.25, -0.2) is 0 Å². The highest BCUT2D eigenvalue weighted by Crippen LogP contribution is 2.10. The third kappa shape index (κ3) is 3.53. The summed E-state index contributed by atoms with van der Waals surface area (Å²) < 4.78 is 5.44. The van der Waals surface area contributed by atoms with E-state index in [1.54, 1.807) is 0 Å². The van der Waals surface area contributed by atoms with Crippen LogP contribution in [-0.4, -0.2) is 54.2 Å². The highest BCUT2D eigenvalue weighted by Gasteiger charge is 2.21. The summed E-state index contributed by atoms with van der Waals surface area (Å²) in [7, 11) is 0. The van der Waals surface area contributed by atoms with Crippen LogP contribution in [0.25, 0.3) is 0 Å². The summed E-state index contributed by atoms with van der Waals surface area (Å²) in [5.74, 6) is 2.65. The van der Waals surface area contributed by atoms with E-state index in [4.69, 9.17) is 4.42 Å². The van der Waals surface area contributed by atoms with Gasteiger partial charge >= 0.3 is 0 Å². The SMILES string of the molecule is Cc1ccc(CC(=O)N2CCN(CCS)CC2)o1. The highest BCUT2D eigenvalue weighted by molar-refractivity contribution is 7.80. The molecule has 2 rings (SSSR count). The molecule has 0 atom stereocenters. The molecular weight excluding hydrogens is 248 g/mol. The maximum Gasteiger partial charge on any atom is 0.230 e. The van der Waals surface area contributed by atoms with Gasteiger partial charge in [-0.3, -0.25) is 9.69 Å². The normalized spacial score (nSPS) is 17.1. The molecule has 1 aromatic heterocycles. The number of carbonyl (C=O) groups excluding carboxylic acids is 1. The first-order valence-electron chi connectivity index (χ1n) is 6.35. The minimum atomic E-state index is 0.162. The molecule has 4 nitrogen and oxygen atoms in total. The smallest absolute Gasteiger partial charge is 0.230 e. The van der Waals surface area contributed by atoms with Gasteiger partial charge in [0.15, 0.2) is 0 Å². The Morgan fingerprint density at radius 3 is 2.61 bits per heavy atom. The average molecular weight is 268 g/mol. The number of nitrogens with zero attached hydrogens (tertiary/aromatic N) is 2. The van der Waals surface area contributed by atoms with Crippen LogP contribution in [0.15, 0.2) is 16.5 Å². The van der Waals surface area contributed by atoms with Crippen LogP contribution in [0.2, 0.25) is 0 Å². The van der Waals surface area contributed by atoms with Gasteiger partial charge in [0.1, 0.15) is 11.5 Å². The van der Waals surface area contributed by atoms with Crippen molar-refractivity contribution in [1.82, 2.24) is 9.80 Å². The van der Waals surface area contributed by atoms with E-state index in [2.05, 4.69) is 17.5 Å². The van der Waals surface area contributed by atoms with Crippen molar-refractivity contribution in [3.63, 3.8) is 0 Å². The van der Waals surface area contributed by atoms with Gasteiger partial charge in [0.25, 0.3) is 0 Å². The van der Waals surface area contributed by atoms with Crippen LogP contribution in [0.1, 0.15) is 11.5 Å². The molecule has 1 saturated heterocycles. The number of hydrogen-bond acceptors (Lipinski definition) is 4. The van der Waals surface area contributed by atoms with Crippen LogP contribution in [0.4, 0.5) is 0 Å². The second-order valence-electron chi connectivity index (χ2n) is 4.64. The monoisotopic (exact) mass is 268 g/mol. The zero-order valence-corrected chi connectivity index (χ0v) is 11.7. The first kappa shape index (κ1) is 13.5. The van der Waals surface area contributed by atoms with E-state index in [0.717, 1.165) is 50.0 Å². The molecule has 2 heterocycles. The Hall–Kier alpha value is -0.940. The maximum atomic E-state index is 12.1. The minimum Gasteiger partial charge on any atom is -0.466 e. The third-order valence-electron chi connectivity index (χ3n) is 3.26. The van der Waals surface area contributed by atoms with Gasteiger partial charge in [0.05, 0.1) is 6.42 Å². The Labute approximate surface area is 113 Å². The van der Waals surface area contributed by atoms with Gasteiger partial charge in [-0.1, -0.05) is 0 Å². The Kier molecular flexibility index (Phi) is 4.72. The lowest BCUT2D eigenvalue weighted by atomic mass is 10.2. The Morgan fingerprint density at radius 1 is 1.33 bits per heavy atom. The first-order valence-corrected chi connectivity index (χ1v) is 6.98. The van der Waals surface area contributed by atoms with Crippen LogP contribution in [0, 0.1) is 6.92 Å². The lowest BCUT2D eigenvalue weighted by Gasteiger charge is -2.34. The van der Waals surface area contributed by atoms with Gasteiger partial charge in [-0.05, 0) is 19.1 Å². The Balaban J connectivity index is 1.80. The van der Waals surface area contributed by atoms with Crippen molar-refractivity contribution in [3.05, 3.63) is 23.7 Å². The summed E-state index contributed by atoms with van der Waals surface area (Å²) in [6.07, 6.45) is 0.375. The van der Waals surface area contributed by atoms with Crippen molar-refractivity contribution in [3.8, 4) is 0 Å². The third-order valence-corrected chi connectivity index (χ3v) is 3.46. The fraction of sp³-hybridized carbons (Fsp3) is 0.615. The van der Waals surface area contributed by atoms with Crippen molar-refractivity contribution < 1.29 is 9.21 Å². The number of furan rings is 1.